The van der Waals surface area contributed by atoms with Crippen LogP contribution >= 0.6 is 0 Å². The van der Waals surface area contributed by atoms with Crippen molar-refractivity contribution in [2.45, 2.75) is 53.4 Å². The molecule has 0 aliphatic carbocycles. The molecule has 0 aliphatic rings. The summed E-state index contributed by atoms with van der Waals surface area (Å²) in [5, 5.41) is 0. The van der Waals surface area contributed by atoms with Crippen molar-refractivity contribution in [3.05, 3.63) is 82.9 Å². The van der Waals surface area contributed by atoms with Crippen LogP contribution in [0.15, 0.2) is 60.7 Å². The zero-order chi connectivity index (χ0) is 18.5. The Balaban J connectivity index is 2.10. The van der Waals surface area contributed by atoms with Gasteiger partial charge in [0.25, 0.3) is 0 Å². The van der Waals surface area contributed by atoms with Crippen molar-refractivity contribution < 1.29 is 0 Å². The largest absolute Gasteiger partial charge is 0.0613 e. The Kier molecular flexibility index (Phi) is 5.93. The standard InChI is InChI=1S/C26H30/c1-5-19-9-13-21(14-10-19)25-17-18-26(24(8-4)23(25)7-3)22-15-11-20(6-2)12-16-22/h9-18H,5-8H2,1-4H3. The predicted octanol–water partition coefficient (Wildman–Crippen LogP) is 7.27. The summed E-state index contributed by atoms with van der Waals surface area (Å²) in [5.74, 6) is 0. The Labute approximate surface area is 158 Å². The van der Waals surface area contributed by atoms with Gasteiger partial charge in [-0.15, -0.1) is 0 Å². The van der Waals surface area contributed by atoms with Crippen LogP contribution in [0.3, 0.4) is 0 Å². The minimum absolute atomic E-state index is 1.06. The molecular weight excluding hydrogens is 312 g/mol. The molecule has 0 bridgehead atoms. The molecule has 134 valence electrons. The van der Waals surface area contributed by atoms with E-state index in [1.54, 1.807) is 0 Å². The van der Waals surface area contributed by atoms with Gasteiger partial charge in [0.2, 0.25) is 0 Å². The first-order valence-electron chi connectivity index (χ1n) is 10.0. The van der Waals surface area contributed by atoms with Crippen LogP contribution in [0.25, 0.3) is 22.3 Å². The average Bonchev–Trinajstić information content (AvgIpc) is 2.72. The molecule has 0 amide bonds. The van der Waals surface area contributed by atoms with E-state index in [1.165, 1.54) is 44.5 Å². The number of benzene rings is 3. The molecule has 0 heterocycles. The van der Waals surface area contributed by atoms with E-state index >= 15 is 0 Å². The summed E-state index contributed by atoms with van der Waals surface area (Å²) >= 11 is 0. The van der Waals surface area contributed by atoms with E-state index < -0.39 is 0 Å². The topological polar surface area (TPSA) is 0 Å². The van der Waals surface area contributed by atoms with Gasteiger partial charge in [-0.3, -0.25) is 0 Å². The third-order valence-corrected chi connectivity index (χ3v) is 5.48. The molecule has 3 aromatic rings. The van der Waals surface area contributed by atoms with E-state index in [-0.39, 0.29) is 0 Å². The molecule has 0 N–H and O–H groups in total. The summed E-state index contributed by atoms with van der Waals surface area (Å²) in [5.41, 5.74) is 11.2. The molecule has 0 saturated carbocycles. The first-order valence-corrected chi connectivity index (χ1v) is 10.0. The molecule has 0 unspecified atom stereocenters. The summed E-state index contributed by atoms with van der Waals surface area (Å²) in [6, 6.07) is 22.8. The SMILES string of the molecule is CCc1ccc(-c2ccc(-c3ccc(CC)cc3)c(CC)c2CC)cc1. The van der Waals surface area contributed by atoms with Crippen LogP contribution in [0.2, 0.25) is 0 Å². The molecule has 3 aromatic carbocycles. The molecule has 0 spiro atoms. The van der Waals surface area contributed by atoms with Gasteiger partial charge in [-0.1, -0.05) is 88.4 Å². The van der Waals surface area contributed by atoms with Crippen LogP contribution in [0, 0.1) is 0 Å². The summed E-state index contributed by atoms with van der Waals surface area (Å²) in [4.78, 5) is 0. The molecule has 0 fully saturated rings. The fourth-order valence-electron chi connectivity index (χ4n) is 3.88. The smallest absolute Gasteiger partial charge is 0.0149 e. The van der Waals surface area contributed by atoms with Gasteiger partial charge in [-0.25, -0.2) is 0 Å². The zero-order valence-electron chi connectivity index (χ0n) is 16.6. The van der Waals surface area contributed by atoms with Gasteiger partial charge in [-0.05, 0) is 70.2 Å². The molecule has 0 atom stereocenters. The molecule has 0 aromatic heterocycles. The Bertz CT molecular complexity index is 777. The Morgan fingerprint density at radius 2 is 0.769 bits per heavy atom. The van der Waals surface area contributed by atoms with Crippen molar-refractivity contribution in [1.82, 2.24) is 0 Å². The van der Waals surface area contributed by atoms with Crippen LogP contribution in [-0.2, 0) is 25.7 Å². The van der Waals surface area contributed by atoms with E-state index in [4.69, 9.17) is 0 Å². The first kappa shape index (κ1) is 18.5. The lowest BCUT2D eigenvalue weighted by Gasteiger charge is -2.18. The van der Waals surface area contributed by atoms with Gasteiger partial charge >= 0.3 is 0 Å². The van der Waals surface area contributed by atoms with Crippen LogP contribution in [-0.4, -0.2) is 0 Å². The molecule has 0 radical (unpaired) electrons. The second-order valence-corrected chi connectivity index (χ2v) is 6.93. The van der Waals surface area contributed by atoms with Crippen LogP contribution < -0.4 is 0 Å². The normalized spacial score (nSPS) is 10.9. The van der Waals surface area contributed by atoms with Gasteiger partial charge in [0.1, 0.15) is 0 Å². The van der Waals surface area contributed by atoms with Crippen molar-refractivity contribution in [2.24, 2.45) is 0 Å². The Morgan fingerprint density at radius 3 is 1.04 bits per heavy atom. The van der Waals surface area contributed by atoms with Crippen molar-refractivity contribution in [1.29, 1.82) is 0 Å². The zero-order valence-corrected chi connectivity index (χ0v) is 16.6. The van der Waals surface area contributed by atoms with Gasteiger partial charge in [0.15, 0.2) is 0 Å². The Hall–Kier alpha value is -2.34. The maximum atomic E-state index is 2.32. The molecule has 0 nitrogen and oxygen atoms in total. The number of hydrogen-bond acceptors (Lipinski definition) is 0. The molecule has 0 aliphatic heterocycles. The van der Waals surface area contributed by atoms with E-state index in [0.717, 1.165) is 25.7 Å². The fraction of sp³-hybridized carbons (Fsp3) is 0.308. The summed E-state index contributed by atoms with van der Waals surface area (Å²) < 4.78 is 0. The lowest BCUT2D eigenvalue weighted by atomic mass is 9.86. The van der Waals surface area contributed by atoms with E-state index in [1.807, 2.05) is 0 Å². The Morgan fingerprint density at radius 1 is 0.423 bits per heavy atom. The molecule has 26 heavy (non-hydrogen) atoms. The summed E-state index contributed by atoms with van der Waals surface area (Å²) in [7, 11) is 0. The van der Waals surface area contributed by atoms with Crippen molar-refractivity contribution in [3.63, 3.8) is 0 Å². The molecule has 3 rings (SSSR count). The lowest BCUT2D eigenvalue weighted by molar-refractivity contribution is 1.04. The third kappa shape index (κ3) is 3.60. The maximum Gasteiger partial charge on any atom is -0.0149 e. The second-order valence-electron chi connectivity index (χ2n) is 6.93. The molecule has 0 saturated heterocycles. The lowest BCUT2D eigenvalue weighted by Crippen LogP contribution is -1.99. The van der Waals surface area contributed by atoms with Crippen molar-refractivity contribution >= 4 is 0 Å². The number of rotatable bonds is 6. The molecular formula is C26H30. The minimum Gasteiger partial charge on any atom is -0.0613 e. The van der Waals surface area contributed by atoms with E-state index in [0.29, 0.717) is 0 Å². The number of hydrogen-bond donors (Lipinski definition) is 0. The monoisotopic (exact) mass is 342 g/mol. The quantitative estimate of drug-likeness (QED) is 0.442. The highest BCUT2D eigenvalue weighted by atomic mass is 14.2. The van der Waals surface area contributed by atoms with Gasteiger partial charge < -0.3 is 0 Å². The fourth-order valence-corrected chi connectivity index (χ4v) is 3.88. The maximum absolute atomic E-state index is 2.32. The van der Waals surface area contributed by atoms with Gasteiger partial charge in [0.05, 0.1) is 0 Å². The van der Waals surface area contributed by atoms with E-state index in [9.17, 15) is 0 Å². The van der Waals surface area contributed by atoms with Crippen LogP contribution in [0.5, 0.6) is 0 Å². The number of aryl methyl sites for hydroxylation is 2. The molecule has 0 heteroatoms. The average molecular weight is 343 g/mol. The minimum atomic E-state index is 1.06. The predicted molar refractivity (Wildman–Crippen MR) is 115 cm³/mol. The van der Waals surface area contributed by atoms with E-state index in [2.05, 4.69) is 88.4 Å². The van der Waals surface area contributed by atoms with Gasteiger partial charge in [0, 0.05) is 0 Å². The van der Waals surface area contributed by atoms with Crippen LogP contribution in [0.1, 0.15) is 49.9 Å². The summed E-state index contributed by atoms with van der Waals surface area (Å²) in [6.07, 6.45) is 4.31. The second kappa shape index (κ2) is 8.36. The van der Waals surface area contributed by atoms with Crippen molar-refractivity contribution in [2.75, 3.05) is 0 Å². The summed E-state index contributed by atoms with van der Waals surface area (Å²) in [6.45, 7) is 8.98. The van der Waals surface area contributed by atoms with Gasteiger partial charge in [-0.2, -0.15) is 0 Å². The first-order chi connectivity index (χ1) is 12.7. The highest BCUT2D eigenvalue weighted by molar-refractivity contribution is 5.77. The highest BCUT2D eigenvalue weighted by Crippen LogP contribution is 2.34. The highest BCUT2D eigenvalue weighted by Gasteiger charge is 2.13. The third-order valence-electron chi connectivity index (χ3n) is 5.48. The van der Waals surface area contributed by atoms with Crippen molar-refractivity contribution in [3.8, 4) is 22.3 Å². The van der Waals surface area contributed by atoms with Crippen LogP contribution in [0.4, 0.5) is 0 Å².